The molecule has 0 amide bonds. The van der Waals surface area contributed by atoms with E-state index in [1.807, 2.05) is 0 Å². The van der Waals surface area contributed by atoms with Crippen molar-refractivity contribution in [1.29, 1.82) is 0 Å². The first-order valence-electron chi connectivity index (χ1n) is 5.08. The van der Waals surface area contributed by atoms with Gasteiger partial charge in [0.15, 0.2) is 0 Å². The molecule has 0 aliphatic carbocycles. The SMILES string of the molecule is CCC(C=C(C)C(=O)O)=C(C=CC(=O)O)C(=O)O. The topological polar surface area (TPSA) is 112 Å². The van der Waals surface area contributed by atoms with Crippen molar-refractivity contribution in [2.45, 2.75) is 20.3 Å². The van der Waals surface area contributed by atoms with Crippen LogP contribution < -0.4 is 0 Å². The molecule has 0 unspecified atom stereocenters. The summed E-state index contributed by atoms with van der Waals surface area (Å²) in [6, 6.07) is 0. The average Bonchev–Trinajstić information content (AvgIpc) is 2.26. The van der Waals surface area contributed by atoms with Gasteiger partial charge in [-0.2, -0.15) is 0 Å². The smallest absolute Gasteiger partial charge is 0.335 e. The minimum absolute atomic E-state index is 0.0191. The molecule has 0 bridgehead atoms. The zero-order chi connectivity index (χ0) is 14.3. The van der Waals surface area contributed by atoms with E-state index >= 15 is 0 Å². The maximum absolute atomic E-state index is 11.0. The summed E-state index contributed by atoms with van der Waals surface area (Å²) in [5.74, 6) is -3.74. The molecule has 0 rings (SSSR count). The normalized spacial score (nSPS) is 13.3. The summed E-state index contributed by atoms with van der Waals surface area (Å²) in [5.41, 5.74) is -0.00488. The third-order valence-electron chi connectivity index (χ3n) is 2.08. The predicted molar refractivity (Wildman–Crippen MR) is 63.1 cm³/mol. The number of carboxylic acids is 3. The molecule has 6 heteroatoms. The lowest BCUT2D eigenvalue weighted by Crippen LogP contribution is -2.04. The molecule has 0 saturated carbocycles. The van der Waals surface area contributed by atoms with Gasteiger partial charge in [0.2, 0.25) is 0 Å². The van der Waals surface area contributed by atoms with Crippen LogP contribution in [0.3, 0.4) is 0 Å². The Kier molecular flexibility index (Phi) is 6.12. The van der Waals surface area contributed by atoms with Crippen molar-refractivity contribution < 1.29 is 29.7 Å². The van der Waals surface area contributed by atoms with Gasteiger partial charge in [-0.1, -0.05) is 6.92 Å². The van der Waals surface area contributed by atoms with Gasteiger partial charge in [-0.3, -0.25) is 0 Å². The molecule has 0 fully saturated rings. The molecule has 0 aromatic carbocycles. The Labute approximate surface area is 104 Å². The maximum Gasteiger partial charge on any atom is 0.335 e. The molecule has 0 radical (unpaired) electrons. The highest BCUT2D eigenvalue weighted by Crippen LogP contribution is 2.15. The van der Waals surface area contributed by atoms with Crippen LogP contribution in [0, 0.1) is 0 Å². The van der Waals surface area contributed by atoms with Gasteiger partial charge in [0.05, 0.1) is 5.57 Å². The molecule has 0 aliphatic heterocycles. The molecule has 0 spiro atoms. The van der Waals surface area contributed by atoms with Crippen LogP contribution in [0.5, 0.6) is 0 Å². The monoisotopic (exact) mass is 254 g/mol. The van der Waals surface area contributed by atoms with Crippen LogP contribution >= 0.6 is 0 Å². The second kappa shape index (κ2) is 7.05. The van der Waals surface area contributed by atoms with E-state index in [0.29, 0.717) is 6.08 Å². The molecule has 0 aliphatic rings. The fraction of sp³-hybridized carbons (Fsp3) is 0.250. The van der Waals surface area contributed by atoms with Crippen molar-refractivity contribution in [3.05, 3.63) is 34.9 Å². The van der Waals surface area contributed by atoms with Gasteiger partial charge in [-0.15, -0.1) is 0 Å². The van der Waals surface area contributed by atoms with Crippen molar-refractivity contribution in [2.24, 2.45) is 0 Å². The van der Waals surface area contributed by atoms with Crippen LogP contribution in [0.15, 0.2) is 34.9 Å². The third-order valence-corrected chi connectivity index (χ3v) is 2.08. The number of carbonyl (C=O) groups is 3. The fourth-order valence-electron chi connectivity index (χ4n) is 1.16. The molecule has 6 nitrogen and oxygen atoms in total. The van der Waals surface area contributed by atoms with Gasteiger partial charge in [0.25, 0.3) is 0 Å². The Morgan fingerprint density at radius 3 is 1.89 bits per heavy atom. The summed E-state index contributed by atoms with van der Waals surface area (Å²) < 4.78 is 0. The van der Waals surface area contributed by atoms with Crippen LogP contribution in [-0.2, 0) is 14.4 Å². The van der Waals surface area contributed by atoms with E-state index in [-0.39, 0.29) is 23.1 Å². The lowest BCUT2D eigenvalue weighted by molar-refractivity contribution is -0.133. The van der Waals surface area contributed by atoms with Crippen molar-refractivity contribution in [3.8, 4) is 0 Å². The highest BCUT2D eigenvalue weighted by Gasteiger charge is 2.11. The lowest BCUT2D eigenvalue weighted by atomic mass is 10.0. The van der Waals surface area contributed by atoms with Crippen LogP contribution in [0.25, 0.3) is 0 Å². The number of hydrogen-bond acceptors (Lipinski definition) is 3. The number of aliphatic carboxylic acids is 3. The number of allylic oxidation sites excluding steroid dienone is 2. The summed E-state index contributed by atoms with van der Waals surface area (Å²) >= 11 is 0. The summed E-state index contributed by atoms with van der Waals surface area (Å²) in [4.78, 5) is 32.0. The first-order chi connectivity index (χ1) is 8.29. The Hall–Kier alpha value is -2.37. The highest BCUT2D eigenvalue weighted by atomic mass is 16.4. The second-order valence-electron chi connectivity index (χ2n) is 3.40. The van der Waals surface area contributed by atoms with E-state index in [1.165, 1.54) is 13.0 Å². The Morgan fingerprint density at radius 2 is 1.56 bits per heavy atom. The first-order valence-corrected chi connectivity index (χ1v) is 5.08. The summed E-state index contributed by atoms with van der Waals surface area (Å²) in [5, 5.41) is 26.1. The highest BCUT2D eigenvalue weighted by molar-refractivity contribution is 5.94. The van der Waals surface area contributed by atoms with Crippen LogP contribution in [0.2, 0.25) is 0 Å². The quantitative estimate of drug-likeness (QED) is 0.488. The number of hydrogen-bond donors (Lipinski definition) is 3. The molecule has 0 heterocycles. The van der Waals surface area contributed by atoms with Crippen molar-refractivity contribution in [2.75, 3.05) is 0 Å². The standard InChI is InChI=1S/C12H14O6/c1-3-8(6-7(2)11(15)16)9(12(17)18)4-5-10(13)14/h4-6H,3H2,1-2H3,(H,13,14)(H,15,16)(H,17,18). The first kappa shape index (κ1) is 15.6. The van der Waals surface area contributed by atoms with Crippen LogP contribution in [-0.4, -0.2) is 33.2 Å². The summed E-state index contributed by atoms with van der Waals surface area (Å²) in [7, 11) is 0. The zero-order valence-corrected chi connectivity index (χ0v) is 10.0. The van der Waals surface area contributed by atoms with E-state index in [2.05, 4.69) is 0 Å². The maximum atomic E-state index is 11.0. The van der Waals surface area contributed by atoms with Gasteiger partial charge in [-0.05, 0) is 31.1 Å². The molecule has 3 N–H and O–H groups in total. The van der Waals surface area contributed by atoms with Gasteiger partial charge >= 0.3 is 17.9 Å². The van der Waals surface area contributed by atoms with Crippen LogP contribution in [0.4, 0.5) is 0 Å². The Bertz CT molecular complexity index is 453. The van der Waals surface area contributed by atoms with E-state index in [9.17, 15) is 14.4 Å². The summed E-state index contributed by atoms with van der Waals surface area (Å²) in [6.07, 6.45) is 3.13. The molecule has 98 valence electrons. The minimum atomic E-state index is -1.31. The zero-order valence-electron chi connectivity index (χ0n) is 10.0. The fourth-order valence-corrected chi connectivity index (χ4v) is 1.16. The summed E-state index contributed by atoms with van der Waals surface area (Å²) in [6.45, 7) is 2.98. The van der Waals surface area contributed by atoms with Crippen LogP contribution in [0.1, 0.15) is 20.3 Å². The molecule has 0 aromatic rings. The molecular formula is C12H14O6. The van der Waals surface area contributed by atoms with E-state index in [0.717, 1.165) is 6.08 Å². The molecule has 18 heavy (non-hydrogen) atoms. The van der Waals surface area contributed by atoms with Gasteiger partial charge in [0.1, 0.15) is 0 Å². The van der Waals surface area contributed by atoms with Crippen molar-refractivity contribution >= 4 is 17.9 Å². The van der Waals surface area contributed by atoms with Gasteiger partial charge in [0, 0.05) is 11.6 Å². The van der Waals surface area contributed by atoms with E-state index in [1.54, 1.807) is 6.92 Å². The molecular weight excluding hydrogens is 240 g/mol. The lowest BCUT2D eigenvalue weighted by Gasteiger charge is -2.03. The Balaban J connectivity index is 5.65. The second-order valence-corrected chi connectivity index (χ2v) is 3.40. The third kappa shape index (κ3) is 5.11. The van der Waals surface area contributed by atoms with Crippen molar-refractivity contribution in [1.82, 2.24) is 0 Å². The van der Waals surface area contributed by atoms with E-state index < -0.39 is 17.9 Å². The minimum Gasteiger partial charge on any atom is -0.478 e. The Morgan fingerprint density at radius 1 is 1.00 bits per heavy atom. The molecule has 0 aromatic heterocycles. The van der Waals surface area contributed by atoms with Gasteiger partial charge < -0.3 is 15.3 Å². The largest absolute Gasteiger partial charge is 0.478 e. The molecule has 0 saturated heterocycles. The van der Waals surface area contributed by atoms with Gasteiger partial charge in [-0.25, -0.2) is 14.4 Å². The molecule has 0 atom stereocenters. The number of rotatable bonds is 6. The van der Waals surface area contributed by atoms with Crippen molar-refractivity contribution in [3.63, 3.8) is 0 Å². The number of carboxylic acid groups (broad SMARTS) is 3. The van der Waals surface area contributed by atoms with E-state index in [4.69, 9.17) is 15.3 Å². The predicted octanol–water partition coefficient (Wildman–Crippen LogP) is 1.45. The average molecular weight is 254 g/mol.